The molecule has 3 heterocycles. The Morgan fingerprint density at radius 3 is 2.75 bits per heavy atom. The van der Waals surface area contributed by atoms with Crippen LogP contribution in [0.2, 0.25) is 0 Å². The van der Waals surface area contributed by atoms with Crippen LogP contribution in [-0.2, 0) is 4.74 Å². The summed E-state index contributed by atoms with van der Waals surface area (Å²) in [6.45, 7) is 3.34. The van der Waals surface area contributed by atoms with E-state index in [9.17, 15) is 4.39 Å². The molecule has 5 heteroatoms. The second-order valence-electron chi connectivity index (χ2n) is 4.30. The molecule has 1 N–H and O–H groups in total. The van der Waals surface area contributed by atoms with Gasteiger partial charge in [-0.15, -0.1) is 0 Å². The number of halogens is 1. The molecule has 0 spiro atoms. The fraction of sp³-hybridized carbons (Fsp3) is 0.545. The molecule has 0 saturated carbocycles. The summed E-state index contributed by atoms with van der Waals surface area (Å²) in [5, 5.41) is 3.33. The highest BCUT2D eigenvalue weighted by Gasteiger charge is 2.31. The van der Waals surface area contributed by atoms with E-state index in [-0.39, 0.29) is 18.0 Å². The van der Waals surface area contributed by atoms with Crippen molar-refractivity contribution in [2.45, 2.75) is 12.2 Å². The summed E-state index contributed by atoms with van der Waals surface area (Å²) in [6, 6.07) is 1.53. The first-order valence-corrected chi connectivity index (χ1v) is 5.53. The first-order chi connectivity index (χ1) is 7.81. The predicted molar refractivity (Wildman–Crippen MR) is 57.9 cm³/mol. The molecule has 2 fully saturated rings. The van der Waals surface area contributed by atoms with E-state index in [1.54, 1.807) is 6.20 Å². The zero-order valence-electron chi connectivity index (χ0n) is 8.90. The average molecular weight is 223 g/mol. The highest BCUT2D eigenvalue weighted by Crippen LogP contribution is 2.21. The van der Waals surface area contributed by atoms with Gasteiger partial charge in [0.25, 0.3) is 0 Å². The van der Waals surface area contributed by atoms with Gasteiger partial charge in [0.05, 0.1) is 30.3 Å². The van der Waals surface area contributed by atoms with E-state index in [0.29, 0.717) is 0 Å². The van der Waals surface area contributed by atoms with Crippen LogP contribution >= 0.6 is 0 Å². The Bertz CT molecular complexity index is 375. The SMILES string of the molecule is Fc1cncc(N2C[C@H]3CNC[C@@H](C2)O3)c1. The van der Waals surface area contributed by atoms with Crippen LogP contribution in [0, 0.1) is 5.82 Å². The molecule has 0 amide bonds. The van der Waals surface area contributed by atoms with Crippen LogP contribution in [-0.4, -0.2) is 43.4 Å². The third kappa shape index (κ3) is 1.88. The second kappa shape index (κ2) is 3.99. The van der Waals surface area contributed by atoms with Gasteiger partial charge in [0.2, 0.25) is 0 Å². The molecule has 2 aliphatic heterocycles. The summed E-state index contributed by atoms with van der Waals surface area (Å²) >= 11 is 0. The predicted octanol–water partition coefficient (Wildman–Crippen LogP) is 0.398. The van der Waals surface area contributed by atoms with Crippen LogP contribution in [0.1, 0.15) is 0 Å². The van der Waals surface area contributed by atoms with Gasteiger partial charge in [-0.25, -0.2) is 4.39 Å². The van der Waals surface area contributed by atoms with Crippen LogP contribution in [0.4, 0.5) is 10.1 Å². The Hall–Kier alpha value is -1.20. The minimum absolute atomic E-state index is 0.204. The van der Waals surface area contributed by atoms with Gasteiger partial charge in [-0.1, -0.05) is 0 Å². The molecule has 0 aliphatic carbocycles. The number of morpholine rings is 2. The lowest BCUT2D eigenvalue weighted by Gasteiger charge is -2.42. The van der Waals surface area contributed by atoms with E-state index < -0.39 is 0 Å². The summed E-state index contributed by atoms with van der Waals surface area (Å²) in [5.41, 5.74) is 0.847. The lowest BCUT2D eigenvalue weighted by Crippen LogP contribution is -2.58. The lowest BCUT2D eigenvalue weighted by atomic mass is 10.1. The Balaban J connectivity index is 1.80. The monoisotopic (exact) mass is 223 g/mol. The van der Waals surface area contributed by atoms with E-state index in [1.165, 1.54) is 12.3 Å². The summed E-state index contributed by atoms with van der Waals surface area (Å²) in [7, 11) is 0. The minimum Gasteiger partial charge on any atom is -0.369 e. The fourth-order valence-electron chi connectivity index (χ4n) is 2.34. The smallest absolute Gasteiger partial charge is 0.143 e. The summed E-state index contributed by atoms with van der Waals surface area (Å²) in [5.74, 6) is -0.285. The number of pyridine rings is 1. The van der Waals surface area contributed by atoms with Crippen LogP contribution in [0.5, 0.6) is 0 Å². The normalized spacial score (nSPS) is 29.2. The molecule has 4 nitrogen and oxygen atoms in total. The highest BCUT2D eigenvalue weighted by atomic mass is 19.1. The van der Waals surface area contributed by atoms with E-state index in [0.717, 1.165) is 31.9 Å². The van der Waals surface area contributed by atoms with Crippen molar-refractivity contribution in [2.75, 3.05) is 31.1 Å². The van der Waals surface area contributed by atoms with Gasteiger partial charge in [0.15, 0.2) is 0 Å². The van der Waals surface area contributed by atoms with Crippen molar-refractivity contribution in [2.24, 2.45) is 0 Å². The topological polar surface area (TPSA) is 37.4 Å². The Kier molecular flexibility index (Phi) is 2.49. The van der Waals surface area contributed by atoms with Crippen molar-refractivity contribution in [3.63, 3.8) is 0 Å². The largest absolute Gasteiger partial charge is 0.369 e. The fourth-order valence-corrected chi connectivity index (χ4v) is 2.34. The number of hydrogen-bond donors (Lipinski definition) is 1. The van der Waals surface area contributed by atoms with Crippen LogP contribution in [0.15, 0.2) is 18.5 Å². The van der Waals surface area contributed by atoms with Crippen molar-refractivity contribution < 1.29 is 9.13 Å². The molecule has 3 rings (SSSR count). The minimum atomic E-state index is -0.285. The van der Waals surface area contributed by atoms with Gasteiger partial charge in [-0.05, 0) is 0 Å². The van der Waals surface area contributed by atoms with Crippen molar-refractivity contribution in [3.8, 4) is 0 Å². The van der Waals surface area contributed by atoms with E-state index in [2.05, 4.69) is 15.2 Å². The van der Waals surface area contributed by atoms with Gasteiger partial charge < -0.3 is 15.0 Å². The molecule has 16 heavy (non-hydrogen) atoms. The third-order valence-corrected chi connectivity index (χ3v) is 3.03. The maximum atomic E-state index is 13.1. The Morgan fingerprint density at radius 2 is 2.06 bits per heavy atom. The molecule has 2 atom stereocenters. The van der Waals surface area contributed by atoms with Gasteiger partial charge in [0, 0.05) is 32.2 Å². The van der Waals surface area contributed by atoms with E-state index in [4.69, 9.17) is 4.74 Å². The van der Waals surface area contributed by atoms with Crippen molar-refractivity contribution >= 4 is 5.69 Å². The molecule has 1 aromatic rings. The average Bonchev–Trinajstić information content (AvgIpc) is 2.28. The zero-order chi connectivity index (χ0) is 11.0. The molecule has 2 aliphatic rings. The van der Waals surface area contributed by atoms with Crippen molar-refractivity contribution in [1.82, 2.24) is 10.3 Å². The van der Waals surface area contributed by atoms with Crippen molar-refractivity contribution in [1.29, 1.82) is 0 Å². The van der Waals surface area contributed by atoms with Crippen LogP contribution in [0.3, 0.4) is 0 Å². The first-order valence-electron chi connectivity index (χ1n) is 5.53. The lowest BCUT2D eigenvalue weighted by molar-refractivity contribution is -0.0484. The van der Waals surface area contributed by atoms with Crippen molar-refractivity contribution in [3.05, 3.63) is 24.3 Å². The molecule has 2 bridgehead atoms. The summed E-state index contributed by atoms with van der Waals surface area (Å²) in [4.78, 5) is 6.03. The maximum absolute atomic E-state index is 13.1. The van der Waals surface area contributed by atoms with E-state index >= 15 is 0 Å². The molecular formula is C11H14FN3O. The quantitative estimate of drug-likeness (QED) is 0.747. The molecular weight excluding hydrogens is 209 g/mol. The van der Waals surface area contributed by atoms with Gasteiger partial charge >= 0.3 is 0 Å². The van der Waals surface area contributed by atoms with Crippen LogP contribution < -0.4 is 10.2 Å². The second-order valence-corrected chi connectivity index (χ2v) is 4.30. The summed E-state index contributed by atoms with van der Waals surface area (Å²) in [6.07, 6.45) is 3.34. The number of anilines is 1. The highest BCUT2D eigenvalue weighted by molar-refractivity contribution is 5.45. The standard InChI is InChI=1S/C11H14FN3O/c12-8-1-9(3-13-2-8)15-6-10-4-14-5-11(7-15)16-10/h1-3,10-11,14H,4-7H2/t10-,11+. The molecule has 2 saturated heterocycles. The summed E-state index contributed by atoms with van der Waals surface area (Å²) < 4.78 is 18.9. The maximum Gasteiger partial charge on any atom is 0.143 e. The van der Waals surface area contributed by atoms with Gasteiger partial charge in [0.1, 0.15) is 5.82 Å². The third-order valence-electron chi connectivity index (χ3n) is 3.03. The Labute approximate surface area is 93.4 Å². The first kappa shape index (κ1) is 9.99. The number of ether oxygens (including phenoxy) is 1. The molecule has 86 valence electrons. The Morgan fingerprint density at radius 1 is 1.31 bits per heavy atom. The zero-order valence-corrected chi connectivity index (χ0v) is 8.90. The van der Waals surface area contributed by atoms with Gasteiger partial charge in [-0.2, -0.15) is 0 Å². The number of nitrogens with one attached hydrogen (secondary N) is 1. The number of fused-ring (bicyclic) bond motifs is 2. The van der Waals surface area contributed by atoms with E-state index in [1.807, 2.05) is 0 Å². The number of hydrogen-bond acceptors (Lipinski definition) is 4. The molecule has 0 unspecified atom stereocenters. The molecule has 1 aromatic heterocycles. The molecule has 0 radical (unpaired) electrons. The number of nitrogens with zero attached hydrogens (tertiary/aromatic N) is 2. The van der Waals surface area contributed by atoms with Gasteiger partial charge in [-0.3, -0.25) is 4.98 Å². The van der Waals surface area contributed by atoms with Crippen LogP contribution in [0.25, 0.3) is 0 Å². The number of aromatic nitrogens is 1. The molecule has 0 aromatic carbocycles. The number of rotatable bonds is 1.